The highest BCUT2D eigenvalue weighted by molar-refractivity contribution is 5.96. The van der Waals surface area contributed by atoms with E-state index in [1.54, 1.807) is 29.3 Å². The smallest absolute Gasteiger partial charge is 0.255 e. The average Bonchev–Trinajstić information content (AvgIpc) is 2.84. The van der Waals surface area contributed by atoms with Crippen LogP contribution in [0, 0.1) is 0 Å². The molecule has 0 aliphatic heterocycles. The van der Waals surface area contributed by atoms with E-state index in [0.717, 1.165) is 0 Å². The molecule has 2 aromatic rings. The maximum absolute atomic E-state index is 11.9. The lowest BCUT2D eigenvalue weighted by molar-refractivity contribution is 0.0948. The second kappa shape index (κ2) is 5.85. The number of rotatable bonds is 5. The molecule has 7 nitrogen and oxygen atoms in total. The number of hydrogen-bond donors (Lipinski definition) is 2. The number of nitrogens with zero attached hydrogens (tertiary/aromatic N) is 3. The number of hydrogen-bond acceptors (Lipinski definition) is 5. The third kappa shape index (κ3) is 3.21. The first-order chi connectivity index (χ1) is 9.20. The molecule has 7 heteroatoms. The van der Waals surface area contributed by atoms with E-state index < -0.39 is 0 Å². The molecule has 2 rings (SSSR count). The van der Waals surface area contributed by atoms with Gasteiger partial charge in [0.05, 0.1) is 37.3 Å². The van der Waals surface area contributed by atoms with Gasteiger partial charge in [0.2, 0.25) is 0 Å². The number of pyridine rings is 1. The Morgan fingerprint density at radius 2 is 2.37 bits per heavy atom. The zero-order chi connectivity index (χ0) is 13.7. The van der Waals surface area contributed by atoms with Crippen molar-refractivity contribution in [3.8, 4) is 5.75 Å². The van der Waals surface area contributed by atoms with Gasteiger partial charge in [-0.15, -0.1) is 0 Å². The molecule has 0 bridgehead atoms. The van der Waals surface area contributed by atoms with Crippen molar-refractivity contribution in [3.63, 3.8) is 0 Å². The van der Waals surface area contributed by atoms with Crippen LogP contribution in [0.5, 0.6) is 5.75 Å². The molecule has 0 saturated heterocycles. The highest BCUT2D eigenvalue weighted by Gasteiger charge is 2.11. The van der Waals surface area contributed by atoms with E-state index in [9.17, 15) is 4.79 Å². The predicted molar refractivity (Wildman–Crippen MR) is 69.8 cm³/mol. The molecule has 2 aromatic heterocycles. The predicted octanol–water partition coefficient (Wildman–Crippen LogP) is 0.299. The Labute approximate surface area is 110 Å². The van der Waals surface area contributed by atoms with Crippen molar-refractivity contribution in [3.05, 3.63) is 36.4 Å². The van der Waals surface area contributed by atoms with E-state index in [0.29, 0.717) is 30.1 Å². The van der Waals surface area contributed by atoms with Crippen LogP contribution in [0.25, 0.3) is 0 Å². The van der Waals surface area contributed by atoms with Gasteiger partial charge in [0.25, 0.3) is 5.91 Å². The first kappa shape index (κ1) is 12.9. The average molecular weight is 261 g/mol. The summed E-state index contributed by atoms with van der Waals surface area (Å²) in [6.07, 6.45) is 6.32. The van der Waals surface area contributed by atoms with Crippen LogP contribution in [0.4, 0.5) is 5.69 Å². The van der Waals surface area contributed by atoms with Gasteiger partial charge in [-0.25, -0.2) is 0 Å². The maximum Gasteiger partial charge on any atom is 0.255 e. The van der Waals surface area contributed by atoms with Gasteiger partial charge < -0.3 is 15.8 Å². The van der Waals surface area contributed by atoms with E-state index >= 15 is 0 Å². The molecule has 19 heavy (non-hydrogen) atoms. The van der Waals surface area contributed by atoms with Crippen LogP contribution >= 0.6 is 0 Å². The van der Waals surface area contributed by atoms with E-state index in [2.05, 4.69) is 15.4 Å². The Hall–Kier alpha value is -2.57. The van der Waals surface area contributed by atoms with Gasteiger partial charge in [-0.2, -0.15) is 5.10 Å². The molecule has 0 aromatic carbocycles. The molecule has 100 valence electrons. The van der Waals surface area contributed by atoms with Crippen molar-refractivity contribution in [1.29, 1.82) is 0 Å². The summed E-state index contributed by atoms with van der Waals surface area (Å²) in [6.45, 7) is 1.00. The number of anilines is 1. The summed E-state index contributed by atoms with van der Waals surface area (Å²) in [5.74, 6) is 0.239. The van der Waals surface area contributed by atoms with E-state index in [1.807, 2.05) is 0 Å². The van der Waals surface area contributed by atoms with Crippen LogP contribution in [0.2, 0.25) is 0 Å². The van der Waals surface area contributed by atoms with Gasteiger partial charge in [-0.3, -0.25) is 14.5 Å². The van der Waals surface area contributed by atoms with E-state index in [-0.39, 0.29) is 5.91 Å². The van der Waals surface area contributed by atoms with Gasteiger partial charge in [0.1, 0.15) is 5.75 Å². The number of aromatic nitrogens is 3. The van der Waals surface area contributed by atoms with Crippen molar-refractivity contribution in [2.45, 2.75) is 6.54 Å². The van der Waals surface area contributed by atoms with Crippen molar-refractivity contribution >= 4 is 11.6 Å². The molecule has 0 atom stereocenters. The monoisotopic (exact) mass is 261 g/mol. The van der Waals surface area contributed by atoms with E-state index in [4.69, 9.17) is 10.5 Å². The number of ether oxygens (including phenoxy) is 1. The Morgan fingerprint density at radius 3 is 3.05 bits per heavy atom. The minimum atomic E-state index is -0.209. The fourth-order valence-electron chi connectivity index (χ4n) is 1.61. The van der Waals surface area contributed by atoms with E-state index in [1.165, 1.54) is 13.3 Å². The minimum absolute atomic E-state index is 0.209. The van der Waals surface area contributed by atoms with Crippen molar-refractivity contribution < 1.29 is 9.53 Å². The minimum Gasteiger partial charge on any atom is -0.494 e. The number of nitrogens with one attached hydrogen (secondary N) is 1. The fraction of sp³-hybridized carbons (Fsp3) is 0.250. The highest BCUT2D eigenvalue weighted by Crippen LogP contribution is 2.14. The SMILES string of the molecule is COc1cnccc1C(=O)NCCn1cc(N)cn1. The molecule has 0 saturated carbocycles. The number of carbonyl (C=O) groups is 1. The summed E-state index contributed by atoms with van der Waals surface area (Å²) in [4.78, 5) is 15.8. The summed E-state index contributed by atoms with van der Waals surface area (Å²) in [6, 6.07) is 1.61. The zero-order valence-corrected chi connectivity index (χ0v) is 10.5. The Balaban J connectivity index is 1.90. The second-order valence-corrected chi connectivity index (χ2v) is 3.87. The summed E-state index contributed by atoms with van der Waals surface area (Å²) >= 11 is 0. The molecule has 1 amide bonds. The second-order valence-electron chi connectivity index (χ2n) is 3.87. The molecule has 2 heterocycles. The van der Waals surface area contributed by atoms with Crippen LogP contribution in [-0.4, -0.2) is 34.3 Å². The lowest BCUT2D eigenvalue weighted by Crippen LogP contribution is -2.27. The molecular weight excluding hydrogens is 246 g/mol. The Kier molecular flexibility index (Phi) is 3.97. The Bertz CT molecular complexity index is 567. The first-order valence-electron chi connectivity index (χ1n) is 5.75. The molecule has 3 N–H and O–H groups in total. The van der Waals surface area contributed by atoms with Crippen LogP contribution in [0.1, 0.15) is 10.4 Å². The van der Waals surface area contributed by atoms with Crippen molar-refractivity contribution in [1.82, 2.24) is 20.1 Å². The third-order valence-corrected chi connectivity index (χ3v) is 2.53. The third-order valence-electron chi connectivity index (χ3n) is 2.53. The maximum atomic E-state index is 11.9. The number of carbonyl (C=O) groups excluding carboxylic acids is 1. The van der Waals surface area contributed by atoms with Crippen LogP contribution in [0.15, 0.2) is 30.9 Å². The normalized spacial score (nSPS) is 10.2. The quantitative estimate of drug-likeness (QED) is 0.807. The first-order valence-corrected chi connectivity index (χ1v) is 5.75. The summed E-state index contributed by atoms with van der Waals surface area (Å²) in [7, 11) is 1.50. The molecule has 0 fully saturated rings. The summed E-state index contributed by atoms with van der Waals surface area (Å²) < 4.78 is 6.74. The lowest BCUT2D eigenvalue weighted by Gasteiger charge is -2.08. The molecule has 0 unspecified atom stereocenters. The Morgan fingerprint density at radius 1 is 1.53 bits per heavy atom. The summed E-state index contributed by atoms with van der Waals surface area (Å²) in [5.41, 5.74) is 6.60. The number of methoxy groups -OCH3 is 1. The number of nitrogen functional groups attached to an aromatic ring is 1. The van der Waals surface area contributed by atoms with Gasteiger partial charge in [-0.1, -0.05) is 0 Å². The molecule has 0 radical (unpaired) electrons. The molecule has 0 aliphatic carbocycles. The summed E-state index contributed by atoms with van der Waals surface area (Å²) in [5, 5.41) is 6.81. The fourth-order valence-corrected chi connectivity index (χ4v) is 1.61. The lowest BCUT2D eigenvalue weighted by atomic mass is 10.2. The van der Waals surface area contributed by atoms with Gasteiger partial charge in [-0.05, 0) is 6.07 Å². The van der Waals surface area contributed by atoms with Crippen LogP contribution in [-0.2, 0) is 6.54 Å². The van der Waals surface area contributed by atoms with Crippen LogP contribution < -0.4 is 15.8 Å². The van der Waals surface area contributed by atoms with Gasteiger partial charge in [0.15, 0.2) is 0 Å². The molecule has 0 aliphatic rings. The highest BCUT2D eigenvalue weighted by atomic mass is 16.5. The molecule has 0 spiro atoms. The molecular formula is C12H15N5O2. The standard InChI is InChI=1S/C12H15N5O2/c1-19-11-7-14-3-2-10(11)12(18)15-4-5-17-8-9(13)6-16-17/h2-3,6-8H,4-5,13H2,1H3,(H,15,18). The number of nitrogens with two attached hydrogens (primary N) is 1. The largest absolute Gasteiger partial charge is 0.494 e. The zero-order valence-electron chi connectivity index (χ0n) is 10.5. The number of amides is 1. The topological polar surface area (TPSA) is 95.1 Å². The van der Waals surface area contributed by atoms with Crippen molar-refractivity contribution in [2.24, 2.45) is 0 Å². The van der Waals surface area contributed by atoms with Gasteiger partial charge >= 0.3 is 0 Å². The van der Waals surface area contributed by atoms with Crippen LogP contribution in [0.3, 0.4) is 0 Å². The van der Waals surface area contributed by atoms with Gasteiger partial charge in [0, 0.05) is 18.9 Å². The van der Waals surface area contributed by atoms with Crippen molar-refractivity contribution in [2.75, 3.05) is 19.4 Å².